The van der Waals surface area contributed by atoms with Gasteiger partial charge in [-0.3, -0.25) is 4.72 Å². The van der Waals surface area contributed by atoms with Gasteiger partial charge in [-0.05, 0) is 47.1 Å². The van der Waals surface area contributed by atoms with Crippen LogP contribution in [0, 0.1) is 13.8 Å². The summed E-state index contributed by atoms with van der Waals surface area (Å²) < 4.78 is 33.5. The minimum absolute atomic E-state index is 0.274. The monoisotopic (exact) mass is 386 g/mol. The van der Waals surface area contributed by atoms with Crippen molar-refractivity contribution in [2.75, 3.05) is 4.72 Å². The Bertz CT molecular complexity index is 928. The van der Waals surface area contributed by atoms with Gasteiger partial charge in [-0.2, -0.15) is 0 Å². The number of nitrogens with zero attached hydrogens (tertiary/aromatic N) is 1. The van der Waals surface area contributed by atoms with E-state index in [0.717, 1.165) is 8.66 Å². The first-order valence-electron chi connectivity index (χ1n) is 6.01. The molecule has 0 atom stereocenters. The molecule has 0 aliphatic rings. The van der Waals surface area contributed by atoms with Crippen molar-refractivity contribution in [3.05, 3.63) is 38.8 Å². The van der Waals surface area contributed by atoms with E-state index >= 15 is 0 Å². The van der Waals surface area contributed by atoms with Crippen LogP contribution in [0.3, 0.4) is 0 Å². The Labute approximate surface area is 134 Å². The fourth-order valence-corrected chi connectivity index (χ4v) is 5.48. The first-order chi connectivity index (χ1) is 9.85. The van der Waals surface area contributed by atoms with Gasteiger partial charge in [-0.15, -0.1) is 11.3 Å². The summed E-state index contributed by atoms with van der Waals surface area (Å²) in [7, 11) is -3.61. The zero-order valence-corrected chi connectivity index (χ0v) is 14.4. The molecule has 0 bridgehead atoms. The molecule has 1 aromatic carbocycles. The van der Waals surface area contributed by atoms with Crippen LogP contribution in [0.5, 0.6) is 0 Å². The third kappa shape index (κ3) is 2.83. The smallest absolute Gasteiger partial charge is 0.263 e. The highest BCUT2D eigenvalue weighted by molar-refractivity contribution is 9.11. The van der Waals surface area contributed by atoms with Crippen molar-refractivity contribution in [3.63, 3.8) is 0 Å². The molecule has 5 nitrogen and oxygen atoms in total. The molecular formula is C13H11BrN2O3S2. The normalized spacial score (nSPS) is 12.0. The van der Waals surface area contributed by atoms with Gasteiger partial charge in [0.05, 0.1) is 9.47 Å². The molecule has 2 heterocycles. The van der Waals surface area contributed by atoms with Crippen molar-refractivity contribution in [1.82, 2.24) is 4.98 Å². The number of aryl methyl sites for hydroxylation is 2. The number of oxazole rings is 1. The van der Waals surface area contributed by atoms with Crippen LogP contribution >= 0.6 is 27.3 Å². The van der Waals surface area contributed by atoms with Crippen LogP contribution < -0.4 is 4.72 Å². The van der Waals surface area contributed by atoms with Crippen molar-refractivity contribution in [1.29, 1.82) is 0 Å². The molecule has 0 radical (unpaired) electrons. The summed E-state index contributed by atoms with van der Waals surface area (Å²) in [6, 6.07) is 6.60. The van der Waals surface area contributed by atoms with E-state index in [2.05, 4.69) is 25.6 Å². The number of thiophene rings is 1. The highest BCUT2D eigenvalue weighted by Gasteiger charge is 2.20. The van der Waals surface area contributed by atoms with E-state index in [1.54, 1.807) is 38.1 Å². The van der Waals surface area contributed by atoms with Crippen LogP contribution in [0.15, 0.2) is 37.4 Å². The maximum atomic E-state index is 12.4. The number of hydrogen-bond donors (Lipinski definition) is 1. The van der Waals surface area contributed by atoms with Crippen molar-refractivity contribution in [2.45, 2.75) is 18.7 Å². The van der Waals surface area contributed by atoms with Crippen LogP contribution in [-0.2, 0) is 10.0 Å². The number of aromatic nitrogens is 1. The number of fused-ring (bicyclic) bond motifs is 1. The molecule has 0 amide bonds. The molecule has 0 fully saturated rings. The first kappa shape index (κ1) is 14.6. The lowest BCUT2D eigenvalue weighted by Crippen LogP contribution is -2.12. The van der Waals surface area contributed by atoms with E-state index in [4.69, 9.17) is 4.42 Å². The second-order valence-corrected chi connectivity index (χ2v) is 8.78. The van der Waals surface area contributed by atoms with Crippen molar-refractivity contribution < 1.29 is 12.8 Å². The Morgan fingerprint density at radius 3 is 2.71 bits per heavy atom. The lowest BCUT2D eigenvalue weighted by Gasteiger charge is -2.07. The summed E-state index contributed by atoms with van der Waals surface area (Å²) in [5.41, 5.74) is 1.71. The fraction of sp³-hybridized carbons (Fsp3) is 0.154. The second kappa shape index (κ2) is 5.11. The topological polar surface area (TPSA) is 72.2 Å². The van der Waals surface area contributed by atoms with Gasteiger partial charge in [-0.1, -0.05) is 0 Å². The molecule has 8 heteroatoms. The minimum atomic E-state index is -3.61. The SMILES string of the molecule is Cc1nc2cc(NS(=O)(=O)c3cc(Br)sc3C)ccc2o1. The molecule has 2 aromatic heterocycles. The third-order valence-electron chi connectivity index (χ3n) is 2.88. The number of anilines is 1. The van der Waals surface area contributed by atoms with Crippen molar-refractivity contribution >= 4 is 54.1 Å². The number of rotatable bonds is 3. The van der Waals surface area contributed by atoms with Gasteiger partial charge in [0, 0.05) is 11.8 Å². The van der Waals surface area contributed by atoms with E-state index in [1.165, 1.54) is 11.3 Å². The second-order valence-electron chi connectivity index (χ2n) is 4.49. The maximum Gasteiger partial charge on any atom is 0.263 e. The van der Waals surface area contributed by atoms with E-state index in [-0.39, 0.29) is 4.90 Å². The highest BCUT2D eigenvalue weighted by atomic mass is 79.9. The molecule has 0 saturated carbocycles. The Hall–Kier alpha value is -1.38. The van der Waals surface area contributed by atoms with Gasteiger partial charge in [-0.25, -0.2) is 13.4 Å². The third-order valence-corrected chi connectivity index (χ3v) is 6.07. The van der Waals surface area contributed by atoms with Crippen molar-refractivity contribution in [3.8, 4) is 0 Å². The fourth-order valence-electron chi connectivity index (χ4n) is 2.01. The largest absolute Gasteiger partial charge is 0.441 e. The van der Waals surface area contributed by atoms with Gasteiger partial charge in [0.1, 0.15) is 10.4 Å². The molecule has 0 aliphatic heterocycles. The standard InChI is InChI=1S/C13H11BrN2O3S2/c1-7-12(6-13(14)20-7)21(17,18)16-9-3-4-11-10(5-9)15-8(2)19-11/h3-6,16H,1-2H3. The highest BCUT2D eigenvalue weighted by Crippen LogP contribution is 2.31. The molecule has 3 rings (SSSR count). The number of halogens is 1. The van der Waals surface area contributed by atoms with Gasteiger partial charge in [0.25, 0.3) is 10.0 Å². The van der Waals surface area contributed by atoms with Crippen LogP contribution in [0.4, 0.5) is 5.69 Å². The molecule has 3 aromatic rings. The van der Waals surface area contributed by atoms with E-state index in [9.17, 15) is 8.42 Å². The van der Waals surface area contributed by atoms with Crippen LogP contribution in [0.2, 0.25) is 0 Å². The lowest BCUT2D eigenvalue weighted by molar-refractivity contribution is 0.561. The Morgan fingerprint density at radius 1 is 1.29 bits per heavy atom. The molecule has 0 aliphatic carbocycles. The number of hydrogen-bond acceptors (Lipinski definition) is 5. The van der Waals surface area contributed by atoms with Crippen LogP contribution in [0.25, 0.3) is 11.1 Å². The summed E-state index contributed by atoms with van der Waals surface area (Å²) in [4.78, 5) is 5.19. The van der Waals surface area contributed by atoms with Gasteiger partial charge >= 0.3 is 0 Å². The molecular weight excluding hydrogens is 376 g/mol. The summed E-state index contributed by atoms with van der Waals surface area (Å²) in [5, 5.41) is 0. The van der Waals surface area contributed by atoms with Gasteiger partial charge < -0.3 is 4.42 Å². The molecule has 21 heavy (non-hydrogen) atoms. The van der Waals surface area contributed by atoms with Crippen LogP contribution in [-0.4, -0.2) is 13.4 Å². The Kier molecular flexibility index (Phi) is 3.54. The van der Waals surface area contributed by atoms with Gasteiger partial charge in [0.15, 0.2) is 11.5 Å². The lowest BCUT2D eigenvalue weighted by atomic mass is 10.3. The zero-order chi connectivity index (χ0) is 15.2. The Balaban J connectivity index is 1.98. The number of nitrogens with one attached hydrogen (secondary N) is 1. The first-order valence-corrected chi connectivity index (χ1v) is 9.10. The minimum Gasteiger partial charge on any atom is -0.441 e. The Morgan fingerprint density at radius 2 is 2.05 bits per heavy atom. The number of sulfonamides is 1. The predicted octanol–water partition coefficient (Wildman–Crippen LogP) is 4.07. The summed E-state index contributed by atoms with van der Waals surface area (Å²) >= 11 is 4.68. The average molecular weight is 387 g/mol. The van der Waals surface area contributed by atoms with E-state index in [1.807, 2.05) is 0 Å². The molecule has 1 N–H and O–H groups in total. The predicted molar refractivity (Wildman–Crippen MR) is 86.3 cm³/mol. The molecule has 0 unspecified atom stereocenters. The molecule has 0 saturated heterocycles. The summed E-state index contributed by atoms with van der Waals surface area (Å²) in [5.74, 6) is 0.544. The maximum absolute atomic E-state index is 12.4. The summed E-state index contributed by atoms with van der Waals surface area (Å²) in [6.07, 6.45) is 0. The van der Waals surface area contributed by atoms with E-state index < -0.39 is 10.0 Å². The molecule has 110 valence electrons. The zero-order valence-electron chi connectivity index (χ0n) is 11.2. The van der Waals surface area contributed by atoms with Crippen molar-refractivity contribution in [2.24, 2.45) is 0 Å². The van der Waals surface area contributed by atoms with Crippen LogP contribution in [0.1, 0.15) is 10.8 Å². The average Bonchev–Trinajstić information content (AvgIpc) is 2.90. The molecule has 0 spiro atoms. The number of benzene rings is 1. The van der Waals surface area contributed by atoms with E-state index in [0.29, 0.717) is 22.7 Å². The summed E-state index contributed by atoms with van der Waals surface area (Å²) in [6.45, 7) is 3.52. The quantitative estimate of drug-likeness (QED) is 0.736. The van der Waals surface area contributed by atoms with Gasteiger partial charge in [0.2, 0.25) is 0 Å².